The van der Waals surface area contributed by atoms with E-state index >= 15 is 0 Å². The van der Waals surface area contributed by atoms with Crippen LogP contribution in [0.15, 0.2) is 0 Å². The van der Waals surface area contributed by atoms with Gasteiger partial charge in [-0.2, -0.15) is 0 Å². The van der Waals surface area contributed by atoms with Gasteiger partial charge in [0.2, 0.25) is 5.91 Å². The van der Waals surface area contributed by atoms with Gasteiger partial charge in [-0.1, -0.05) is 13.8 Å². The third kappa shape index (κ3) is 1.73. The quantitative estimate of drug-likeness (QED) is 0.564. The van der Waals surface area contributed by atoms with E-state index in [1.807, 2.05) is 18.7 Å². The Balaban J connectivity index is 2.53. The van der Waals surface area contributed by atoms with E-state index in [4.69, 9.17) is 0 Å². The van der Waals surface area contributed by atoms with Crippen molar-refractivity contribution in [2.75, 3.05) is 6.54 Å². The molecular weight excluding hydrogens is 138 g/mol. The Labute approximate surface area is 68.6 Å². The van der Waals surface area contributed by atoms with Gasteiger partial charge in [0, 0.05) is 18.5 Å². The standard InChI is InChI=1S/C9H17NO/c1-7(2)9(11)10-6-4-5-8(10)3/h7-8H,4-6H2,1-3H3/t8-/m0/s1. The van der Waals surface area contributed by atoms with Gasteiger partial charge in [0.15, 0.2) is 0 Å². The summed E-state index contributed by atoms with van der Waals surface area (Å²) in [5.74, 6) is 0.477. The minimum atomic E-state index is 0.163. The lowest BCUT2D eigenvalue weighted by Crippen LogP contribution is -2.36. The summed E-state index contributed by atoms with van der Waals surface area (Å²) in [5.41, 5.74) is 0. The van der Waals surface area contributed by atoms with Crippen LogP contribution < -0.4 is 0 Å². The Kier molecular flexibility index (Phi) is 2.53. The van der Waals surface area contributed by atoms with E-state index in [-0.39, 0.29) is 5.92 Å². The maximum absolute atomic E-state index is 11.5. The van der Waals surface area contributed by atoms with Crippen molar-refractivity contribution in [2.45, 2.75) is 39.7 Å². The van der Waals surface area contributed by atoms with Crippen molar-refractivity contribution >= 4 is 5.91 Å². The molecule has 0 N–H and O–H groups in total. The van der Waals surface area contributed by atoms with Gasteiger partial charge in [0.05, 0.1) is 0 Å². The molecule has 1 aliphatic rings. The van der Waals surface area contributed by atoms with Crippen molar-refractivity contribution in [3.05, 3.63) is 0 Å². The second-order valence-electron chi connectivity index (χ2n) is 3.68. The van der Waals surface area contributed by atoms with Crippen LogP contribution in [0.5, 0.6) is 0 Å². The van der Waals surface area contributed by atoms with Gasteiger partial charge in [-0.3, -0.25) is 4.79 Å². The summed E-state index contributed by atoms with van der Waals surface area (Å²) in [6.45, 7) is 7.03. The Morgan fingerprint density at radius 2 is 2.18 bits per heavy atom. The van der Waals surface area contributed by atoms with Crippen molar-refractivity contribution in [2.24, 2.45) is 5.92 Å². The van der Waals surface area contributed by atoms with Gasteiger partial charge in [-0.05, 0) is 19.8 Å². The minimum Gasteiger partial charge on any atom is -0.340 e. The molecule has 1 fully saturated rings. The van der Waals surface area contributed by atoms with Crippen molar-refractivity contribution < 1.29 is 4.79 Å². The highest BCUT2D eigenvalue weighted by Crippen LogP contribution is 2.18. The zero-order chi connectivity index (χ0) is 8.43. The third-order valence-electron chi connectivity index (χ3n) is 2.33. The van der Waals surface area contributed by atoms with E-state index in [1.165, 1.54) is 12.8 Å². The van der Waals surface area contributed by atoms with Gasteiger partial charge < -0.3 is 4.90 Å². The first-order valence-corrected chi connectivity index (χ1v) is 4.43. The predicted molar refractivity (Wildman–Crippen MR) is 45.2 cm³/mol. The van der Waals surface area contributed by atoms with E-state index in [2.05, 4.69) is 6.92 Å². The maximum Gasteiger partial charge on any atom is 0.225 e. The fourth-order valence-corrected chi connectivity index (χ4v) is 1.59. The molecule has 64 valence electrons. The zero-order valence-electron chi connectivity index (χ0n) is 7.63. The monoisotopic (exact) mass is 155 g/mol. The smallest absolute Gasteiger partial charge is 0.225 e. The average molecular weight is 155 g/mol. The third-order valence-corrected chi connectivity index (χ3v) is 2.33. The van der Waals surface area contributed by atoms with E-state index in [9.17, 15) is 4.79 Å². The summed E-state index contributed by atoms with van der Waals surface area (Å²) in [4.78, 5) is 13.5. The summed E-state index contributed by atoms with van der Waals surface area (Å²) in [5, 5.41) is 0. The Morgan fingerprint density at radius 1 is 1.55 bits per heavy atom. The fraction of sp³-hybridized carbons (Fsp3) is 0.889. The second-order valence-corrected chi connectivity index (χ2v) is 3.68. The average Bonchev–Trinajstić information content (AvgIpc) is 2.33. The van der Waals surface area contributed by atoms with Crippen LogP contribution in [0.4, 0.5) is 0 Å². The Hall–Kier alpha value is -0.530. The molecule has 0 aromatic rings. The minimum absolute atomic E-state index is 0.163. The number of hydrogen-bond acceptors (Lipinski definition) is 1. The maximum atomic E-state index is 11.5. The van der Waals surface area contributed by atoms with Crippen molar-refractivity contribution in [3.8, 4) is 0 Å². The van der Waals surface area contributed by atoms with Gasteiger partial charge in [-0.25, -0.2) is 0 Å². The van der Waals surface area contributed by atoms with Gasteiger partial charge in [0.25, 0.3) is 0 Å². The lowest BCUT2D eigenvalue weighted by molar-refractivity contribution is -0.134. The largest absolute Gasteiger partial charge is 0.340 e. The van der Waals surface area contributed by atoms with Crippen molar-refractivity contribution in [1.29, 1.82) is 0 Å². The van der Waals surface area contributed by atoms with Crippen LogP contribution in [-0.4, -0.2) is 23.4 Å². The summed E-state index contributed by atoms with van der Waals surface area (Å²) in [6.07, 6.45) is 2.36. The molecule has 1 saturated heterocycles. The van der Waals surface area contributed by atoms with Crippen LogP contribution in [0.1, 0.15) is 33.6 Å². The first-order chi connectivity index (χ1) is 5.13. The topological polar surface area (TPSA) is 20.3 Å². The molecule has 0 radical (unpaired) electrons. The predicted octanol–water partition coefficient (Wildman–Crippen LogP) is 1.65. The molecule has 0 spiro atoms. The summed E-state index contributed by atoms with van der Waals surface area (Å²) in [7, 11) is 0. The number of rotatable bonds is 1. The van der Waals surface area contributed by atoms with Crippen LogP contribution >= 0.6 is 0 Å². The number of amides is 1. The molecule has 1 amide bonds. The molecule has 0 unspecified atom stereocenters. The molecule has 0 aromatic carbocycles. The first-order valence-electron chi connectivity index (χ1n) is 4.43. The molecule has 1 heterocycles. The summed E-state index contributed by atoms with van der Waals surface area (Å²) < 4.78 is 0. The van der Waals surface area contributed by atoms with Gasteiger partial charge in [-0.15, -0.1) is 0 Å². The molecule has 1 atom stereocenters. The Bertz CT molecular complexity index is 154. The lowest BCUT2D eigenvalue weighted by atomic mass is 10.2. The van der Waals surface area contributed by atoms with Crippen LogP contribution in [0.3, 0.4) is 0 Å². The molecular formula is C9H17NO. The molecule has 1 aliphatic heterocycles. The first kappa shape index (κ1) is 8.57. The highest BCUT2D eigenvalue weighted by molar-refractivity contribution is 5.78. The molecule has 2 nitrogen and oxygen atoms in total. The van der Waals surface area contributed by atoms with Crippen LogP contribution in [0.2, 0.25) is 0 Å². The van der Waals surface area contributed by atoms with E-state index in [0.717, 1.165) is 6.54 Å². The number of carbonyl (C=O) groups is 1. The number of likely N-dealkylation sites (tertiary alicyclic amines) is 1. The SMILES string of the molecule is CC(C)C(=O)N1CCC[C@@H]1C. The number of nitrogens with zero attached hydrogens (tertiary/aromatic N) is 1. The molecule has 0 aliphatic carbocycles. The normalized spacial score (nSPS) is 24.7. The van der Waals surface area contributed by atoms with Crippen LogP contribution in [-0.2, 0) is 4.79 Å². The highest BCUT2D eigenvalue weighted by atomic mass is 16.2. The summed E-state index contributed by atoms with van der Waals surface area (Å²) >= 11 is 0. The molecule has 0 bridgehead atoms. The summed E-state index contributed by atoms with van der Waals surface area (Å²) in [6, 6.07) is 0.477. The van der Waals surface area contributed by atoms with Crippen molar-refractivity contribution in [1.82, 2.24) is 4.90 Å². The molecule has 0 saturated carbocycles. The molecule has 11 heavy (non-hydrogen) atoms. The van der Waals surface area contributed by atoms with Crippen LogP contribution in [0.25, 0.3) is 0 Å². The van der Waals surface area contributed by atoms with Gasteiger partial charge >= 0.3 is 0 Å². The molecule has 1 rings (SSSR count). The number of carbonyl (C=O) groups excluding carboxylic acids is 1. The number of hydrogen-bond donors (Lipinski definition) is 0. The Morgan fingerprint density at radius 3 is 2.55 bits per heavy atom. The zero-order valence-corrected chi connectivity index (χ0v) is 7.63. The van der Waals surface area contributed by atoms with E-state index in [1.54, 1.807) is 0 Å². The fourth-order valence-electron chi connectivity index (χ4n) is 1.59. The molecule has 0 aromatic heterocycles. The van der Waals surface area contributed by atoms with Crippen LogP contribution in [0, 0.1) is 5.92 Å². The van der Waals surface area contributed by atoms with E-state index < -0.39 is 0 Å². The van der Waals surface area contributed by atoms with E-state index in [0.29, 0.717) is 11.9 Å². The second kappa shape index (κ2) is 3.24. The van der Waals surface area contributed by atoms with Crippen molar-refractivity contribution in [3.63, 3.8) is 0 Å². The molecule has 2 heteroatoms. The highest BCUT2D eigenvalue weighted by Gasteiger charge is 2.26. The van der Waals surface area contributed by atoms with Gasteiger partial charge in [0.1, 0.15) is 0 Å². The lowest BCUT2D eigenvalue weighted by Gasteiger charge is -2.23.